The summed E-state index contributed by atoms with van der Waals surface area (Å²) in [5.74, 6) is -1.08. The third-order valence-electron chi connectivity index (χ3n) is 3.95. The van der Waals surface area contributed by atoms with E-state index in [9.17, 15) is 14.8 Å². The Labute approximate surface area is 168 Å². The first kappa shape index (κ1) is 19.6. The van der Waals surface area contributed by atoms with Gasteiger partial charge in [0, 0.05) is 4.47 Å². The van der Waals surface area contributed by atoms with Crippen molar-refractivity contribution >= 4 is 38.9 Å². The number of nitrogens with zero attached hydrogens (tertiary/aromatic N) is 2. The summed E-state index contributed by atoms with van der Waals surface area (Å²) in [4.78, 5) is 28.8. The Morgan fingerprint density at radius 2 is 1.89 bits per heavy atom. The second-order valence-corrected chi connectivity index (χ2v) is 6.46. The molecule has 0 aliphatic rings. The molecule has 0 saturated heterocycles. The van der Waals surface area contributed by atoms with E-state index in [2.05, 4.69) is 20.9 Å². The third-order valence-corrected chi connectivity index (χ3v) is 4.64. The van der Waals surface area contributed by atoms with Crippen molar-refractivity contribution in [2.45, 2.75) is 6.61 Å². The van der Waals surface area contributed by atoms with Crippen LogP contribution < -0.4 is 9.47 Å². The second-order valence-electron chi connectivity index (χ2n) is 5.60. The lowest BCUT2D eigenvalue weighted by Gasteiger charge is -2.12. The molecule has 3 rings (SSSR count). The van der Waals surface area contributed by atoms with Crippen molar-refractivity contribution in [3.05, 3.63) is 69.1 Å². The Bertz CT molecular complexity index is 1070. The summed E-state index contributed by atoms with van der Waals surface area (Å²) < 4.78 is 16.0. The molecule has 9 heteroatoms. The lowest BCUT2D eigenvalue weighted by atomic mass is 10.2. The van der Waals surface area contributed by atoms with Gasteiger partial charge in [-0.1, -0.05) is 12.1 Å². The first-order valence-electron chi connectivity index (χ1n) is 8.06. The van der Waals surface area contributed by atoms with Gasteiger partial charge in [-0.15, -0.1) is 0 Å². The van der Waals surface area contributed by atoms with Gasteiger partial charge in [0.15, 0.2) is 5.69 Å². The molecule has 0 spiro atoms. The minimum Gasteiger partial charge on any atom is -0.618 e. The van der Waals surface area contributed by atoms with Crippen LogP contribution in [0, 0.1) is 5.21 Å². The summed E-state index contributed by atoms with van der Waals surface area (Å²) in [5, 5.41) is 12.8. The molecule has 2 aromatic carbocycles. The zero-order valence-electron chi connectivity index (χ0n) is 15.0. The first-order valence-corrected chi connectivity index (χ1v) is 8.85. The minimum absolute atomic E-state index is 0.0140. The molecule has 8 nitrogen and oxygen atoms in total. The van der Waals surface area contributed by atoms with Gasteiger partial charge >= 0.3 is 17.6 Å². The number of carbonyl (C=O) groups excluding carboxylic acids is 2. The van der Waals surface area contributed by atoms with Crippen LogP contribution in [0.5, 0.6) is 5.75 Å². The fraction of sp³-hybridized carbons (Fsp3) is 0.158. The van der Waals surface area contributed by atoms with Crippen LogP contribution in [0.25, 0.3) is 11.0 Å². The van der Waals surface area contributed by atoms with Crippen LogP contribution in [-0.4, -0.2) is 31.1 Å². The summed E-state index contributed by atoms with van der Waals surface area (Å²) in [6, 6.07) is 11.4. The van der Waals surface area contributed by atoms with Crippen molar-refractivity contribution in [1.82, 2.24) is 4.98 Å². The maximum absolute atomic E-state index is 12.8. The summed E-state index contributed by atoms with van der Waals surface area (Å²) >= 11 is 3.27. The van der Waals surface area contributed by atoms with E-state index < -0.39 is 11.9 Å². The van der Waals surface area contributed by atoms with Crippen LogP contribution in [0.1, 0.15) is 26.5 Å². The summed E-state index contributed by atoms with van der Waals surface area (Å²) in [7, 11) is 2.61. The molecule has 1 aromatic heterocycles. The SMILES string of the molecule is COC(=O)c1c(COC(=O)c2ccccc2Br)nc2ccc(OC)cc2[n+]1[O-]. The van der Waals surface area contributed by atoms with E-state index in [1.54, 1.807) is 36.4 Å². The number of aromatic nitrogens is 2. The molecule has 0 saturated carbocycles. The molecule has 0 aliphatic carbocycles. The number of hydrogen-bond acceptors (Lipinski definition) is 7. The van der Waals surface area contributed by atoms with Crippen molar-refractivity contribution in [1.29, 1.82) is 0 Å². The number of carbonyl (C=O) groups is 2. The van der Waals surface area contributed by atoms with E-state index >= 15 is 0 Å². The van der Waals surface area contributed by atoms with Crippen LogP contribution >= 0.6 is 15.9 Å². The Hall–Kier alpha value is -3.20. The molecule has 3 aromatic rings. The smallest absolute Gasteiger partial charge is 0.406 e. The predicted molar refractivity (Wildman–Crippen MR) is 102 cm³/mol. The van der Waals surface area contributed by atoms with Gasteiger partial charge in [-0.3, -0.25) is 0 Å². The molecule has 0 atom stereocenters. The molecule has 0 amide bonds. The number of rotatable bonds is 5. The molecular formula is C19H15BrN2O6. The number of benzene rings is 2. The monoisotopic (exact) mass is 446 g/mol. The molecule has 0 bridgehead atoms. The normalized spacial score (nSPS) is 10.5. The zero-order valence-corrected chi connectivity index (χ0v) is 16.6. The van der Waals surface area contributed by atoms with Crippen molar-refractivity contribution in [3.63, 3.8) is 0 Å². The van der Waals surface area contributed by atoms with E-state index in [0.29, 0.717) is 26.0 Å². The van der Waals surface area contributed by atoms with Crippen LogP contribution in [0.15, 0.2) is 46.9 Å². The molecular weight excluding hydrogens is 432 g/mol. The van der Waals surface area contributed by atoms with Gasteiger partial charge in [-0.05, 0) is 40.2 Å². The van der Waals surface area contributed by atoms with E-state index in [1.807, 2.05) is 0 Å². The number of methoxy groups -OCH3 is 2. The van der Waals surface area contributed by atoms with Gasteiger partial charge in [-0.25, -0.2) is 14.6 Å². The highest BCUT2D eigenvalue weighted by atomic mass is 79.9. The Morgan fingerprint density at radius 1 is 1.14 bits per heavy atom. The zero-order chi connectivity index (χ0) is 20.3. The van der Waals surface area contributed by atoms with Crippen molar-refractivity contribution in [2.75, 3.05) is 14.2 Å². The number of hydrogen-bond donors (Lipinski definition) is 0. The average Bonchev–Trinajstić information content (AvgIpc) is 2.71. The highest BCUT2D eigenvalue weighted by Crippen LogP contribution is 2.20. The van der Waals surface area contributed by atoms with Crippen LogP contribution in [-0.2, 0) is 16.1 Å². The molecule has 0 fully saturated rings. The first-order chi connectivity index (χ1) is 13.5. The van der Waals surface area contributed by atoms with Crippen molar-refractivity contribution in [2.24, 2.45) is 0 Å². The lowest BCUT2D eigenvalue weighted by molar-refractivity contribution is -0.581. The van der Waals surface area contributed by atoms with E-state index in [4.69, 9.17) is 14.2 Å². The number of fused-ring (bicyclic) bond motifs is 1. The maximum atomic E-state index is 12.8. The van der Waals surface area contributed by atoms with Gasteiger partial charge in [0.1, 0.15) is 17.9 Å². The van der Waals surface area contributed by atoms with Crippen LogP contribution in [0.2, 0.25) is 0 Å². The molecule has 144 valence electrons. The maximum Gasteiger partial charge on any atom is 0.406 e. The van der Waals surface area contributed by atoms with Crippen molar-refractivity contribution < 1.29 is 28.5 Å². The van der Waals surface area contributed by atoms with Gasteiger partial charge in [-0.2, -0.15) is 4.73 Å². The lowest BCUT2D eigenvalue weighted by Crippen LogP contribution is -2.38. The second kappa shape index (κ2) is 8.22. The Balaban J connectivity index is 2.00. The molecule has 0 unspecified atom stereocenters. The molecule has 0 aliphatic heterocycles. The number of ether oxygens (including phenoxy) is 3. The van der Waals surface area contributed by atoms with Gasteiger partial charge in [0.2, 0.25) is 5.52 Å². The summed E-state index contributed by atoms with van der Waals surface area (Å²) in [6.45, 7) is -0.380. The molecule has 28 heavy (non-hydrogen) atoms. The van der Waals surface area contributed by atoms with E-state index in [-0.39, 0.29) is 23.5 Å². The largest absolute Gasteiger partial charge is 0.618 e. The quantitative estimate of drug-likeness (QED) is 0.337. The number of halogens is 1. The Morgan fingerprint density at radius 3 is 2.57 bits per heavy atom. The highest BCUT2D eigenvalue weighted by Gasteiger charge is 2.28. The molecule has 0 radical (unpaired) electrons. The van der Waals surface area contributed by atoms with Crippen LogP contribution in [0.3, 0.4) is 0 Å². The Kier molecular flexibility index (Phi) is 5.74. The highest BCUT2D eigenvalue weighted by molar-refractivity contribution is 9.10. The topological polar surface area (TPSA) is 102 Å². The predicted octanol–water partition coefficient (Wildman–Crippen LogP) is 2.78. The minimum atomic E-state index is -0.890. The van der Waals surface area contributed by atoms with E-state index in [0.717, 1.165) is 7.11 Å². The number of esters is 2. The fourth-order valence-corrected chi connectivity index (χ4v) is 3.01. The van der Waals surface area contributed by atoms with E-state index in [1.165, 1.54) is 13.2 Å². The van der Waals surface area contributed by atoms with Gasteiger partial charge in [0.25, 0.3) is 0 Å². The van der Waals surface area contributed by atoms with Crippen LogP contribution in [0.4, 0.5) is 0 Å². The summed E-state index contributed by atoms with van der Waals surface area (Å²) in [5.41, 5.74) is 0.377. The fourth-order valence-electron chi connectivity index (χ4n) is 2.56. The van der Waals surface area contributed by atoms with Gasteiger partial charge in [0.05, 0.1) is 25.8 Å². The van der Waals surface area contributed by atoms with Crippen molar-refractivity contribution in [3.8, 4) is 5.75 Å². The standard InChI is InChI=1S/C19H15BrN2O6/c1-26-11-7-8-14-16(9-11)22(25)17(19(24)27-2)15(21-14)10-28-18(23)12-5-3-4-6-13(12)20/h3-9H,10H2,1-2H3. The average molecular weight is 447 g/mol. The molecule has 0 N–H and O–H groups in total. The van der Waals surface area contributed by atoms with Gasteiger partial charge < -0.3 is 19.4 Å². The third kappa shape index (κ3) is 3.74. The molecule has 1 heterocycles. The summed E-state index contributed by atoms with van der Waals surface area (Å²) in [6.07, 6.45) is 0.